The zero-order chi connectivity index (χ0) is 20.9. The first kappa shape index (κ1) is 20.9. The van der Waals surface area contributed by atoms with Gasteiger partial charge in [0.1, 0.15) is 17.4 Å². The third-order valence-electron chi connectivity index (χ3n) is 5.60. The van der Waals surface area contributed by atoms with E-state index in [1.807, 2.05) is 29.2 Å². The lowest BCUT2D eigenvalue weighted by molar-refractivity contribution is -0.131. The first-order chi connectivity index (χ1) is 14.7. The monoisotopic (exact) mass is 430 g/mol. The van der Waals surface area contributed by atoms with Crippen LogP contribution in [0.15, 0.2) is 24.3 Å². The van der Waals surface area contributed by atoms with E-state index in [4.69, 9.17) is 31.0 Å². The topological polar surface area (TPSA) is 67.8 Å². The maximum absolute atomic E-state index is 12.4. The molecule has 1 saturated heterocycles. The van der Waals surface area contributed by atoms with Gasteiger partial charge < -0.3 is 19.3 Å². The zero-order valence-corrected chi connectivity index (χ0v) is 18.0. The van der Waals surface area contributed by atoms with Crippen LogP contribution < -0.4 is 9.64 Å². The molecule has 0 N–H and O–H groups in total. The van der Waals surface area contributed by atoms with E-state index in [0.717, 1.165) is 53.7 Å². The van der Waals surface area contributed by atoms with Crippen LogP contribution in [0.3, 0.4) is 0 Å². The molecule has 1 fully saturated rings. The maximum Gasteiger partial charge on any atom is 0.224 e. The number of alkyl halides is 1. The molecule has 0 saturated carbocycles. The molecule has 0 spiro atoms. The molecule has 2 aromatic rings. The van der Waals surface area contributed by atoms with Crippen molar-refractivity contribution in [1.82, 2.24) is 14.9 Å². The molecule has 4 rings (SSSR count). The van der Waals surface area contributed by atoms with Crippen molar-refractivity contribution in [3.05, 3.63) is 46.9 Å². The minimum atomic E-state index is 0.0849. The molecule has 0 radical (unpaired) electrons. The molecule has 1 aromatic heterocycles. The summed E-state index contributed by atoms with van der Waals surface area (Å²) in [6, 6.07) is 7.96. The van der Waals surface area contributed by atoms with Gasteiger partial charge in [-0.15, -0.1) is 11.6 Å². The number of amides is 1. The average molecular weight is 431 g/mol. The fourth-order valence-electron chi connectivity index (χ4n) is 4.03. The summed E-state index contributed by atoms with van der Waals surface area (Å²) in [6.07, 6.45) is 1.68. The van der Waals surface area contributed by atoms with Crippen LogP contribution in [0.5, 0.6) is 5.75 Å². The van der Waals surface area contributed by atoms with Crippen molar-refractivity contribution in [2.45, 2.75) is 25.8 Å². The molecule has 8 heteroatoms. The van der Waals surface area contributed by atoms with Gasteiger partial charge in [-0.3, -0.25) is 4.79 Å². The Balaban J connectivity index is 1.68. The van der Waals surface area contributed by atoms with E-state index in [2.05, 4.69) is 4.90 Å². The van der Waals surface area contributed by atoms with Crippen LogP contribution in [0.2, 0.25) is 0 Å². The second-order valence-corrected chi connectivity index (χ2v) is 7.86. The van der Waals surface area contributed by atoms with Crippen molar-refractivity contribution in [2.24, 2.45) is 0 Å². The maximum atomic E-state index is 12.4. The van der Waals surface area contributed by atoms with Gasteiger partial charge in [-0.1, -0.05) is 18.2 Å². The summed E-state index contributed by atoms with van der Waals surface area (Å²) in [6.45, 7) is 4.12. The summed E-state index contributed by atoms with van der Waals surface area (Å²) in [4.78, 5) is 26.4. The highest BCUT2D eigenvalue weighted by Gasteiger charge is 2.28. The van der Waals surface area contributed by atoms with E-state index in [-0.39, 0.29) is 5.91 Å². The van der Waals surface area contributed by atoms with Crippen LogP contribution in [0.1, 0.15) is 29.1 Å². The Bertz CT molecular complexity index is 902. The predicted molar refractivity (Wildman–Crippen MR) is 115 cm³/mol. The number of halogens is 1. The van der Waals surface area contributed by atoms with Gasteiger partial charge in [0.15, 0.2) is 0 Å². The van der Waals surface area contributed by atoms with Gasteiger partial charge in [0, 0.05) is 55.9 Å². The molecule has 7 nitrogen and oxygen atoms in total. The SMILES string of the molecule is COc1ccccc1Cc1nc2c(c(N3CCOCC3)n1)CN(C(=O)CCCl)CC2. The number of para-hydroxylation sites is 1. The van der Waals surface area contributed by atoms with Gasteiger partial charge in [-0.05, 0) is 6.07 Å². The molecular formula is C22H27ClN4O3. The molecule has 2 aliphatic rings. The third-order valence-corrected chi connectivity index (χ3v) is 5.79. The molecule has 2 aliphatic heterocycles. The molecule has 30 heavy (non-hydrogen) atoms. The summed E-state index contributed by atoms with van der Waals surface area (Å²) >= 11 is 5.79. The Hall–Kier alpha value is -2.38. The fraction of sp³-hybridized carbons (Fsp3) is 0.500. The number of methoxy groups -OCH3 is 1. The van der Waals surface area contributed by atoms with Gasteiger partial charge in [-0.25, -0.2) is 9.97 Å². The molecule has 3 heterocycles. The van der Waals surface area contributed by atoms with E-state index in [9.17, 15) is 4.79 Å². The Morgan fingerprint density at radius 1 is 1.20 bits per heavy atom. The highest BCUT2D eigenvalue weighted by atomic mass is 35.5. The third kappa shape index (κ3) is 4.52. The summed E-state index contributed by atoms with van der Waals surface area (Å²) in [5.41, 5.74) is 3.14. The number of rotatable bonds is 6. The number of hydrogen-bond acceptors (Lipinski definition) is 6. The number of anilines is 1. The fourth-order valence-corrected chi connectivity index (χ4v) is 4.20. The summed E-state index contributed by atoms with van der Waals surface area (Å²) in [7, 11) is 1.68. The lowest BCUT2D eigenvalue weighted by Gasteiger charge is -2.34. The van der Waals surface area contributed by atoms with Crippen LogP contribution in [-0.2, 0) is 28.9 Å². The molecule has 0 unspecified atom stereocenters. The van der Waals surface area contributed by atoms with Crippen molar-refractivity contribution in [2.75, 3.05) is 50.7 Å². The van der Waals surface area contributed by atoms with Gasteiger partial charge in [0.25, 0.3) is 0 Å². The minimum Gasteiger partial charge on any atom is -0.496 e. The van der Waals surface area contributed by atoms with Crippen LogP contribution in [0.4, 0.5) is 5.82 Å². The summed E-state index contributed by atoms with van der Waals surface area (Å²) < 4.78 is 11.0. The number of fused-ring (bicyclic) bond motifs is 1. The molecule has 1 amide bonds. The van der Waals surface area contributed by atoms with E-state index in [1.165, 1.54) is 0 Å². The molecule has 0 bridgehead atoms. The second kappa shape index (κ2) is 9.62. The lowest BCUT2D eigenvalue weighted by Crippen LogP contribution is -2.41. The average Bonchev–Trinajstić information content (AvgIpc) is 2.79. The predicted octanol–water partition coefficient (Wildman–Crippen LogP) is 2.43. The van der Waals surface area contributed by atoms with E-state index < -0.39 is 0 Å². The van der Waals surface area contributed by atoms with Crippen LogP contribution in [0.25, 0.3) is 0 Å². The number of carbonyl (C=O) groups is 1. The van der Waals surface area contributed by atoms with Gasteiger partial charge >= 0.3 is 0 Å². The van der Waals surface area contributed by atoms with E-state index >= 15 is 0 Å². The molecule has 1 aromatic carbocycles. The molecule has 160 valence electrons. The van der Waals surface area contributed by atoms with Gasteiger partial charge in [0.2, 0.25) is 5.91 Å². The summed E-state index contributed by atoms with van der Waals surface area (Å²) in [5.74, 6) is 2.97. The standard InChI is InChI=1S/C22H27ClN4O3/c1-29-19-5-3-2-4-16(19)14-20-24-18-7-9-27(21(28)6-8-23)15-17(18)22(25-20)26-10-12-30-13-11-26/h2-5H,6-15H2,1H3. The van der Waals surface area contributed by atoms with Gasteiger partial charge in [-0.2, -0.15) is 0 Å². The van der Waals surface area contributed by atoms with Crippen molar-refractivity contribution >= 4 is 23.3 Å². The number of aromatic nitrogens is 2. The number of carbonyl (C=O) groups excluding carboxylic acids is 1. The van der Waals surface area contributed by atoms with Crippen molar-refractivity contribution in [3.8, 4) is 5.75 Å². The molecule has 0 atom stereocenters. The highest BCUT2D eigenvalue weighted by molar-refractivity contribution is 6.18. The largest absolute Gasteiger partial charge is 0.496 e. The zero-order valence-electron chi connectivity index (χ0n) is 17.3. The molecule has 0 aliphatic carbocycles. The lowest BCUT2D eigenvalue weighted by atomic mass is 10.0. The smallest absolute Gasteiger partial charge is 0.224 e. The quantitative estimate of drug-likeness (QED) is 0.656. The Labute approximate surface area is 182 Å². The van der Waals surface area contributed by atoms with Crippen molar-refractivity contribution < 1.29 is 14.3 Å². The van der Waals surface area contributed by atoms with E-state index in [0.29, 0.717) is 45.0 Å². The van der Waals surface area contributed by atoms with E-state index in [1.54, 1.807) is 7.11 Å². The number of hydrogen-bond donors (Lipinski definition) is 0. The van der Waals surface area contributed by atoms with Crippen LogP contribution >= 0.6 is 11.6 Å². The highest BCUT2D eigenvalue weighted by Crippen LogP contribution is 2.29. The van der Waals surface area contributed by atoms with Crippen LogP contribution in [0, 0.1) is 0 Å². The Morgan fingerprint density at radius 3 is 2.77 bits per heavy atom. The Kier molecular flexibility index (Phi) is 6.69. The van der Waals surface area contributed by atoms with Gasteiger partial charge in [0.05, 0.1) is 32.6 Å². The van der Waals surface area contributed by atoms with Crippen LogP contribution in [-0.4, -0.2) is 66.6 Å². The minimum absolute atomic E-state index is 0.0849. The molecular weight excluding hydrogens is 404 g/mol. The Morgan fingerprint density at radius 2 is 2.00 bits per heavy atom. The first-order valence-electron chi connectivity index (χ1n) is 10.4. The summed E-state index contributed by atoms with van der Waals surface area (Å²) in [5, 5.41) is 0. The van der Waals surface area contributed by atoms with Crippen molar-refractivity contribution in [3.63, 3.8) is 0 Å². The first-order valence-corrected chi connectivity index (χ1v) is 10.9. The number of nitrogens with zero attached hydrogens (tertiary/aromatic N) is 4. The number of benzene rings is 1. The number of ether oxygens (including phenoxy) is 2. The normalized spacial score (nSPS) is 16.3. The second-order valence-electron chi connectivity index (χ2n) is 7.48. The van der Waals surface area contributed by atoms with Crippen molar-refractivity contribution in [1.29, 1.82) is 0 Å². The number of morpholine rings is 1.